The third kappa shape index (κ3) is 5.15. The van der Waals surface area contributed by atoms with Gasteiger partial charge in [-0.25, -0.2) is 0 Å². The predicted octanol–water partition coefficient (Wildman–Crippen LogP) is 4.72. The van der Waals surface area contributed by atoms with Crippen LogP contribution in [0.5, 0.6) is 11.5 Å². The molecule has 0 radical (unpaired) electrons. The highest BCUT2D eigenvalue weighted by molar-refractivity contribution is 6.99. The van der Waals surface area contributed by atoms with Gasteiger partial charge in [0.1, 0.15) is 11.5 Å². The van der Waals surface area contributed by atoms with Crippen LogP contribution >= 0.6 is 0 Å². The number of benzene rings is 3. The number of nitrogens with zero attached hydrogens (tertiary/aromatic N) is 1. The van der Waals surface area contributed by atoms with Crippen molar-refractivity contribution < 1.29 is 19.1 Å². The van der Waals surface area contributed by atoms with Gasteiger partial charge in [0.05, 0.1) is 18.7 Å². The standard InChI is InChI=1S/C31H35NO4Si/c1-7-31(5,6)36-28-21-23(33)20-26-27(28)22-32(29(26)34)18-19-35-37(30(2,3)4,24-14-10-8-11-15-24)25-16-12-9-13-17-25/h1,8-17,20-21,33H,18-19,22H2,2-6H3. The minimum atomic E-state index is -2.70. The second-order valence-corrected chi connectivity index (χ2v) is 15.3. The summed E-state index contributed by atoms with van der Waals surface area (Å²) >= 11 is 0. The van der Waals surface area contributed by atoms with Gasteiger partial charge in [0.15, 0.2) is 5.60 Å². The van der Waals surface area contributed by atoms with Crippen LogP contribution in [-0.2, 0) is 11.0 Å². The van der Waals surface area contributed by atoms with Gasteiger partial charge in [-0.1, -0.05) is 87.4 Å². The van der Waals surface area contributed by atoms with Crippen LogP contribution in [0.15, 0.2) is 72.8 Å². The first kappa shape index (κ1) is 26.5. The molecule has 1 aliphatic rings. The lowest BCUT2D eigenvalue weighted by molar-refractivity contribution is 0.0750. The van der Waals surface area contributed by atoms with Gasteiger partial charge in [-0.05, 0) is 35.3 Å². The number of carbonyl (C=O) groups is 1. The lowest BCUT2D eigenvalue weighted by Gasteiger charge is -2.43. The zero-order chi connectivity index (χ0) is 26.8. The molecule has 0 saturated heterocycles. The van der Waals surface area contributed by atoms with Crippen LogP contribution in [0.4, 0.5) is 0 Å². The molecule has 0 aliphatic carbocycles. The normalized spacial score (nSPS) is 13.8. The Kier molecular flexibility index (Phi) is 7.23. The first-order chi connectivity index (χ1) is 17.5. The number of hydrogen-bond donors (Lipinski definition) is 1. The number of carbonyl (C=O) groups excluding carboxylic acids is 1. The van der Waals surface area contributed by atoms with E-state index in [4.69, 9.17) is 15.6 Å². The molecule has 0 saturated carbocycles. The fourth-order valence-corrected chi connectivity index (χ4v) is 9.62. The lowest BCUT2D eigenvalue weighted by Crippen LogP contribution is -2.67. The number of rotatable bonds is 8. The average Bonchev–Trinajstić information content (AvgIpc) is 3.17. The topological polar surface area (TPSA) is 59.0 Å². The quantitative estimate of drug-likeness (QED) is 0.350. The van der Waals surface area contributed by atoms with Crippen molar-refractivity contribution in [3.8, 4) is 23.8 Å². The highest BCUT2D eigenvalue weighted by atomic mass is 28.4. The predicted molar refractivity (Wildman–Crippen MR) is 150 cm³/mol. The first-order valence-electron chi connectivity index (χ1n) is 12.6. The van der Waals surface area contributed by atoms with E-state index in [1.165, 1.54) is 22.5 Å². The monoisotopic (exact) mass is 513 g/mol. The van der Waals surface area contributed by atoms with Crippen LogP contribution in [0.3, 0.4) is 0 Å². The van der Waals surface area contributed by atoms with E-state index in [2.05, 4.69) is 75.2 Å². The summed E-state index contributed by atoms with van der Waals surface area (Å²) in [7, 11) is -2.70. The second kappa shape index (κ2) is 10.1. The summed E-state index contributed by atoms with van der Waals surface area (Å²) in [6.07, 6.45) is 5.60. The fraction of sp³-hybridized carbons (Fsp3) is 0.323. The van der Waals surface area contributed by atoms with Crippen molar-refractivity contribution in [1.82, 2.24) is 4.90 Å². The lowest BCUT2D eigenvalue weighted by atomic mass is 10.1. The Balaban J connectivity index is 1.61. The van der Waals surface area contributed by atoms with E-state index in [1.54, 1.807) is 18.7 Å². The SMILES string of the molecule is C#CC(C)(C)Oc1cc(O)cc2c1CN(CCO[Si](c1ccccc1)(c1ccccc1)C(C)(C)C)C2=O. The van der Waals surface area contributed by atoms with Crippen molar-refractivity contribution in [3.05, 3.63) is 83.9 Å². The molecule has 3 aromatic carbocycles. The Morgan fingerprint density at radius 1 is 0.973 bits per heavy atom. The number of hydrogen-bond acceptors (Lipinski definition) is 4. The number of fused-ring (bicyclic) bond motifs is 1. The molecule has 192 valence electrons. The molecule has 0 unspecified atom stereocenters. The summed E-state index contributed by atoms with van der Waals surface area (Å²) in [5.41, 5.74) is 0.301. The second-order valence-electron chi connectivity index (χ2n) is 11.0. The maximum Gasteiger partial charge on any atom is 0.261 e. The van der Waals surface area contributed by atoms with Crippen molar-refractivity contribution in [2.75, 3.05) is 13.2 Å². The van der Waals surface area contributed by atoms with Crippen LogP contribution in [0.25, 0.3) is 0 Å². The van der Waals surface area contributed by atoms with Gasteiger partial charge in [-0.15, -0.1) is 6.42 Å². The van der Waals surface area contributed by atoms with Crippen molar-refractivity contribution in [2.24, 2.45) is 0 Å². The van der Waals surface area contributed by atoms with E-state index < -0.39 is 13.9 Å². The molecule has 1 N–H and O–H groups in total. The van der Waals surface area contributed by atoms with E-state index in [-0.39, 0.29) is 16.7 Å². The summed E-state index contributed by atoms with van der Waals surface area (Å²) in [6, 6.07) is 23.9. The van der Waals surface area contributed by atoms with E-state index in [0.717, 1.165) is 5.56 Å². The molecular weight excluding hydrogens is 478 g/mol. The van der Waals surface area contributed by atoms with E-state index >= 15 is 0 Å². The fourth-order valence-electron chi connectivity index (χ4n) is 5.06. The Bertz CT molecular complexity index is 1270. The minimum Gasteiger partial charge on any atom is -0.508 e. The molecule has 1 heterocycles. The average molecular weight is 514 g/mol. The summed E-state index contributed by atoms with van der Waals surface area (Å²) in [5, 5.41) is 12.5. The van der Waals surface area contributed by atoms with Gasteiger partial charge in [-0.3, -0.25) is 4.79 Å². The highest BCUT2D eigenvalue weighted by Crippen LogP contribution is 2.38. The van der Waals surface area contributed by atoms with Crippen LogP contribution in [-0.4, -0.2) is 43.0 Å². The van der Waals surface area contributed by atoms with E-state index in [9.17, 15) is 9.90 Å². The number of aromatic hydroxyl groups is 1. The third-order valence-electron chi connectivity index (χ3n) is 6.87. The summed E-state index contributed by atoms with van der Waals surface area (Å²) < 4.78 is 13.0. The minimum absolute atomic E-state index is 0.0275. The van der Waals surface area contributed by atoms with Crippen molar-refractivity contribution in [3.63, 3.8) is 0 Å². The molecule has 0 spiro atoms. The molecule has 6 heteroatoms. The number of phenolic OH excluding ortho intramolecular Hbond substituents is 1. The summed E-state index contributed by atoms with van der Waals surface area (Å²) in [6.45, 7) is 11.4. The van der Waals surface area contributed by atoms with Crippen molar-refractivity contribution >= 4 is 24.6 Å². The molecule has 0 aromatic heterocycles. The van der Waals surface area contributed by atoms with Crippen LogP contribution in [0.1, 0.15) is 50.5 Å². The van der Waals surface area contributed by atoms with Crippen LogP contribution in [0.2, 0.25) is 5.04 Å². The number of terminal acetylenes is 1. The molecule has 0 bridgehead atoms. The van der Waals surface area contributed by atoms with Gasteiger partial charge in [-0.2, -0.15) is 0 Å². The molecule has 5 nitrogen and oxygen atoms in total. The molecule has 3 aromatic rings. The number of amides is 1. The van der Waals surface area contributed by atoms with Gasteiger partial charge >= 0.3 is 0 Å². The molecule has 4 rings (SSSR count). The van der Waals surface area contributed by atoms with Gasteiger partial charge < -0.3 is 19.2 Å². The maximum atomic E-state index is 13.3. The highest BCUT2D eigenvalue weighted by Gasteiger charge is 2.50. The smallest absolute Gasteiger partial charge is 0.261 e. The van der Waals surface area contributed by atoms with Gasteiger partial charge in [0.2, 0.25) is 0 Å². The Morgan fingerprint density at radius 3 is 2.05 bits per heavy atom. The van der Waals surface area contributed by atoms with Crippen molar-refractivity contribution in [1.29, 1.82) is 0 Å². The zero-order valence-corrected chi connectivity index (χ0v) is 23.2. The van der Waals surface area contributed by atoms with Gasteiger partial charge in [0.25, 0.3) is 14.2 Å². The Hall–Kier alpha value is -3.53. The first-order valence-corrected chi connectivity index (χ1v) is 14.5. The van der Waals surface area contributed by atoms with Crippen LogP contribution < -0.4 is 15.1 Å². The van der Waals surface area contributed by atoms with Crippen LogP contribution in [0, 0.1) is 12.3 Å². The number of ether oxygens (including phenoxy) is 1. The Morgan fingerprint density at radius 2 is 1.54 bits per heavy atom. The molecule has 37 heavy (non-hydrogen) atoms. The summed E-state index contributed by atoms with van der Waals surface area (Å²) in [5.74, 6) is 2.85. The molecule has 0 atom stereocenters. The number of phenols is 1. The molecular formula is C31H35NO4Si. The van der Waals surface area contributed by atoms with E-state index in [1.807, 2.05) is 12.1 Å². The largest absolute Gasteiger partial charge is 0.508 e. The molecule has 0 fully saturated rings. The zero-order valence-electron chi connectivity index (χ0n) is 22.2. The third-order valence-corrected chi connectivity index (χ3v) is 11.9. The van der Waals surface area contributed by atoms with Crippen molar-refractivity contribution in [2.45, 2.75) is 51.8 Å². The maximum absolute atomic E-state index is 13.3. The van der Waals surface area contributed by atoms with E-state index in [0.29, 0.717) is 31.0 Å². The summed E-state index contributed by atoms with van der Waals surface area (Å²) in [4.78, 5) is 15.1. The molecule has 1 amide bonds. The Labute approximate surface area is 221 Å². The van der Waals surface area contributed by atoms with Gasteiger partial charge in [0, 0.05) is 18.2 Å². The molecule has 1 aliphatic heterocycles.